The second-order valence-electron chi connectivity index (χ2n) is 4.98. The number of anilines is 1. The van der Waals surface area contributed by atoms with Crippen molar-refractivity contribution >= 4 is 29.3 Å². The summed E-state index contributed by atoms with van der Waals surface area (Å²) in [7, 11) is 3.36. The van der Waals surface area contributed by atoms with Crippen LogP contribution in [0.15, 0.2) is 53.7 Å². The van der Waals surface area contributed by atoms with Crippen LogP contribution in [-0.4, -0.2) is 36.6 Å². The maximum atomic E-state index is 11.9. The van der Waals surface area contributed by atoms with Gasteiger partial charge in [0.05, 0.1) is 5.75 Å². The number of carbonyl (C=O) groups is 2. The number of rotatable bonds is 5. The molecule has 1 heterocycles. The summed E-state index contributed by atoms with van der Waals surface area (Å²) in [5, 5.41) is 14.7. The Balaban J connectivity index is 1.90. The lowest BCUT2D eigenvalue weighted by Gasteiger charge is -2.11. The molecule has 7 heteroatoms. The van der Waals surface area contributed by atoms with E-state index in [1.165, 1.54) is 11.1 Å². The highest BCUT2D eigenvalue weighted by atomic mass is 32.2. The minimum atomic E-state index is -0.217. The van der Waals surface area contributed by atoms with Gasteiger partial charge in [0, 0.05) is 37.5 Å². The molecular formula is C16H17N3O3S. The van der Waals surface area contributed by atoms with Crippen LogP contribution in [0, 0.1) is 5.21 Å². The Morgan fingerprint density at radius 2 is 1.87 bits per heavy atom. The Hall–Kier alpha value is -2.54. The minimum absolute atomic E-state index is 0.0949. The summed E-state index contributed by atoms with van der Waals surface area (Å²) in [6, 6.07) is 11.7. The summed E-state index contributed by atoms with van der Waals surface area (Å²) in [6.45, 7) is 0. The van der Waals surface area contributed by atoms with E-state index in [9.17, 15) is 14.8 Å². The van der Waals surface area contributed by atoms with Crippen LogP contribution in [0.4, 0.5) is 5.69 Å². The Kier molecular flexibility index (Phi) is 5.59. The molecule has 0 spiro atoms. The molecular weight excluding hydrogens is 314 g/mol. The molecule has 1 aromatic carbocycles. The zero-order chi connectivity index (χ0) is 16.8. The molecule has 0 aliphatic carbocycles. The Labute approximate surface area is 138 Å². The molecule has 0 saturated carbocycles. The number of aromatic nitrogens is 1. The highest BCUT2D eigenvalue weighted by Gasteiger charge is 2.10. The van der Waals surface area contributed by atoms with E-state index in [1.807, 2.05) is 0 Å². The van der Waals surface area contributed by atoms with Gasteiger partial charge in [-0.3, -0.25) is 9.59 Å². The lowest BCUT2D eigenvalue weighted by atomic mass is 10.2. The maximum Gasteiger partial charge on any atom is 0.253 e. The van der Waals surface area contributed by atoms with E-state index in [-0.39, 0.29) is 17.6 Å². The number of carbonyl (C=O) groups excluding carboxylic acids is 2. The molecule has 1 N–H and O–H groups in total. The van der Waals surface area contributed by atoms with E-state index in [0.717, 1.165) is 16.5 Å². The first-order chi connectivity index (χ1) is 11.0. The van der Waals surface area contributed by atoms with Crippen molar-refractivity contribution in [3.05, 3.63) is 59.4 Å². The number of pyridine rings is 1. The standard InChI is InChI=1S/C16H17N3O3S/c1-18(2)16(21)12-6-8-13(9-7-12)17-14(20)11-23-15-5-3-4-10-19(15)22/h3-10H,11H2,1-2H3,(H,17,20). The molecule has 0 saturated heterocycles. The van der Waals surface area contributed by atoms with Gasteiger partial charge in [-0.05, 0) is 42.1 Å². The normalized spacial score (nSPS) is 10.2. The quantitative estimate of drug-likeness (QED) is 0.514. The molecule has 0 unspecified atom stereocenters. The topological polar surface area (TPSA) is 76.4 Å². The molecule has 0 atom stereocenters. The van der Waals surface area contributed by atoms with Gasteiger partial charge < -0.3 is 15.4 Å². The van der Waals surface area contributed by atoms with E-state index in [1.54, 1.807) is 56.6 Å². The van der Waals surface area contributed by atoms with Gasteiger partial charge in [0.25, 0.3) is 10.9 Å². The fourth-order valence-electron chi connectivity index (χ4n) is 1.82. The molecule has 2 rings (SSSR count). The van der Waals surface area contributed by atoms with Crippen molar-refractivity contribution in [3.8, 4) is 0 Å². The first-order valence-electron chi connectivity index (χ1n) is 6.90. The molecule has 2 aromatic rings. The molecule has 0 bridgehead atoms. The van der Waals surface area contributed by atoms with Crippen LogP contribution in [0.25, 0.3) is 0 Å². The summed E-state index contributed by atoms with van der Waals surface area (Å²) < 4.78 is 0.722. The van der Waals surface area contributed by atoms with Crippen molar-refractivity contribution in [2.75, 3.05) is 25.2 Å². The molecule has 0 aliphatic heterocycles. The fourth-order valence-corrected chi connectivity index (χ4v) is 2.53. The molecule has 1 aromatic heterocycles. The maximum absolute atomic E-state index is 11.9. The number of nitrogens with zero attached hydrogens (tertiary/aromatic N) is 2. The van der Waals surface area contributed by atoms with Gasteiger partial charge >= 0.3 is 0 Å². The fraction of sp³-hybridized carbons (Fsp3) is 0.188. The van der Waals surface area contributed by atoms with E-state index >= 15 is 0 Å². The van der Waals surface area contributed by atoms with E-state index in [2.05, 4.69) is 5.32 Å². The SMILES string of the molecule is CN(C)C(=O)c1ccc(NC(=O)CSc2cccc[n+]2[O-])cc1. The van der Waals surface area contributed by atoms with Gasteiger partial charge in [-0.1, -0.05) is 0 Å². The summed E-state index contributed by atoms with van der Waals surface area (Å²) in [5.74, 6) is -0.182. The first kappa shape index (κ1) is 16.8. The van der Waals surface area contributed by atoms with Crippen molar-refractivity contribution < 1.29 is 14.3 Å². The van der Waals surface area contributed by atoms with Crippen molar-refractivity contribution in [2.45, 2.75) is 5.03 Å². The van der Waals surface area contributed by atoms with Gasteiger partial charge in [0.15, 0.2) is 6.20 Å². The van der Waals surface area contributed by atoms with Crippen LogP contribution in [0.2, 0.25) is 0 Å². The zero-order valence-electron chi connectivity index (χ0n) is 12.9. The van der Waals surface area contributed by atoms with Crippen molar-refractivity contribution in [1.29, 1.82) is 0 Å². The third kappa shape index (κ3) is 4.72. The number of hydrogen-bond donors (Lipinski definition) is 1. The monoisotopic (exact) mass is 331 g/mol. The molecule has 2 amide bonds. The second kappa shape index (κ2) is 7.64. The van der Waals surface area contributed by atoms with Crippen LogP contribution < -0.4 is 10.0 Å². The average Bonchev–Trinajstić information content (AvgIpc) is 2.54. The Morgan fingerprint density at radius 1 is 1.17 bits per heavy atom. The lowest BCUT2D eigenvalue weighted by Crippen LogP contribution is -2.28. The van der Waals surface area contributed by atoms with Crippen LogP contribution in [0.5, 0.6) is 0 Å². The summed E-state index contributed by atoms with van der Waals surface area (Å²) in [4.78, 5) is 25.2. The molecule has 6 nitrogen and oxygen atoms in total. The number of benzene rings is 1. The number of hydrogen-bond acceptors (Lipinski definition) is 4. The third-order valence-corrected chi connectivity index (χ3v) is 3.98. The molecule has 0 radical (unpaired) electrons. The minimum Gasteiger partial charge on any atom is -0.618 e. The zero-order valence-corrected chi connectivity index (χ0v) is 13.7. The smallest absolute Gasteiger partial charge is 0.253 e. The predicted molar refractivity (Wildman–Crippen MR) is 89.2 cm³/mol. The molecule has 0 aliphatic rings. The largest absolute Gasteiger partial charge is 0.618 e. The third-order valence-electron chi connectivity index (χ3n) is 2.96. The van der Waals surface area contributed by atoms with Gasteiger partial charge in [-0.2, -0.15) is 4.73 Å². The van der Waals surface area contributed by atoms with Crippen LogP contribution >= 0.6 is 11.8 Å². The van der Waals surface area contributed by atoms with Gasteiger partial charge in [0.2, 0.25) is 5.91 Å². The number of amides is 2. The molecule has 0 fully saturated rings. The lowest BCUT2D eigenvalue weighted by molar-refractivity contribution is -0.645. The van der Waals surface area contributed by atoms with Crippen molar-refractivity contribution in [2.24, 2.45) is 0 Å². The van der Waals surface area contributed by atoms with Crippen molar-refractivity contribution in [1.82, 2.24) is 4.90 Å². The van der Waals surface area contributed by atoms with E-state index < -0.39 is 0 Å². The van der Waals surface area contributed by atoms with Gasteiger partial charge in [-0.25, -0.2) is 0 Å². The van der Waals surface area contributed by atoms with Crippen LogP contribution in [0.1, 0.15) is 10.4 Å². The Bertz CT molecular complexity index is 702. The van der Waals surface area contributed by atoms with Gasteiger partial charge in [-0.15, -0.1) is 0 Å². The summed E-state index contributed by atoms with van der Waals surface area (Å²) >= 11 is 1.16. The average molecular weight is 331 g/mol. The molecule has 120 valence electrons. The first-order valence-corrected chi connectivity index (χ1v) is 7.88. The van der Waals surface area contributed by atoms with Crippen LogP contribution in [-0.2, 0) is 4.79 Å². The predicted octanol–water partition coefficient (Wildman–Crippen LogP) is 1.75. The van der Waals surface area contributed by atoms with Crippen molar-refractivity contribution in [3.63, 3.8) is 0 Å². The van der Waals surface area contributed by atoms with E-state index in [4.69, 9.17) is 0 Å². The number of nitrogens with one attached hydrogen (secondary N) is 1. The highest BCUT2D eigenvalue weighted by molar-refractivity contribution is 7.99. The molecule has 23 heavy (non-hydrogen) atoms. The van der Waals surface area contributed by atoms with Gasteiger partial charge in [0.1, 0.15) is 0 Å². The van der Waals surface area contributed by atoms with Crippen LogP contribution in [0.3, 0.4) is 0 Å². The highest BCUT2D eigenvalue weighted by Crippen LogP contribution is 2.15. The Morgan fingerprint density at radius 3 is 2.48 bits per heavy atom. The summed E-state index contributed by atoms with van der Waals surface area (Å²) in [6.07, 6.45) is 1.39. The number of thioether (sulfide) groups is 1. The second-order valence-corrected chi connectivity index (χ2v) is 5.97. The van der Waals surface area contributed by atoms with E-state index in [0.29, 0.717) is 16.3 Å². The summed E-state index contributed by atoms with van der Waals surface area (Å²) in [5.41, 5.74) is 1.16.